The molecule has 1 heterocycles. The van der Waals surface area contributed by atoms with E-state index in [4.69, 9.17) is 5.73 Å². The van der Waals surface area contributed by atoms with Gasteiger partial charge in [-0.2, -0.15) is 13.2 Å². The maximum Gasteiger partial charge on any atom is 0.416 e. The van der Waals surface area contributed by atoms with Gasteiger partial charge in [-0.15, -0.1) is 17.5 Å². The molecule has 1 aromatic heterocycles. The van der Waals surface area contributed by atoms with Crippen molar-refractivity contribution >= 4 is 18.3 Å². The fourth-order valence-electron chi connectivity index (χ4n) is 2.74. The van der Waals surface area contributed by atoms with E-state index in [-0.39, 0.29) is 30.3 Å². The molecule has 2 aromatic rings. The number of halogens is 4. The summed E-state index contributed by atoms with van der Waals surface area (Å²) in [5.41, 5.74) is 4.53. The van der Waals surface area contributed by atoms with E-state index in [1.54, 1.807) is 0 Å². The number of carbonyl (C=O) groups excluding carboxylic acids is 1. The van der Waals surface area contributed by atoms with Gasteiger partial charge in [-0.05, 0) is 37.5 Å². The summed E-state index contributed by atoms with van der Waals surface area (Å²) in [5.74, 6) is -0.151. The molecule has 27 heavy (non-hydrogen) atoms. The zero-order valence-electron chi connectivity index (χ0n) is 15.2. The van der Waals surface area contributed by atoms with Gasteiger partial charge in [0.05, 0.1) is 23.0 Å². The summed E-state index contributed by atoms with van der Waals surface area (Å²) >= 11 is 0. The van der Waals surface area contributed by atoms with Crippen LogP contribution in [0.3, 0.4) is 0 Å². The molecule has 0 saturated carbocycles. The highest BCUT2D eigenvalue weighted by molar-refractivity contribution is 5.92. The Balaban J connectivity index is 0.00000364. The topological polar surface area (TPSA) is 85.8 Å². The van der Waals surface area contributed by atoms with Gasteiger partial charge in [0.25, 0.3) is 5.91 Å². The molecule has 1 amide bonds. The minimum atomic E-state index is -4.46. The van der Waals surface area contributed by atoms with E-state index in [0.29, 0.717) is 12.3 Å². The van der Waals surface area contributed by atoms with Crippen LogP contribution in [0.25, 0.3) is 5.69 Å². The molecular formula is C17H23ClF3N5O. The summed E-state index contributed by atoms with van der Waals surface area (Å²) in [5, 5.41) is 10.3. The first-order valence-electron chi connectivity index (χ1n) is 8.16. The molecule has 0 fully saturated rings. The lowest BCUT2D eigenvalue weighted by molar-refractivity contribution is -0.137. The molecule has 2 rings (SSSR count). The molecule has 1 atom stereocenters. The summed E-state index contributed by atoms with van der Waals surface area (Å²) in [6.07, 6.45) is -2.50. The molecule has 1 aromatic carbocycles. The van der Waals surface area contributed by atoms with E-state index in [1.807, 2.05) is 20.8 Å². The summed E-state index contributed by atoms with van der Waals surface area (Å²) < 4.78 is 39.6. The second-order valence-corrected chi connectivity index (χ2v) is 6.91. The molecule has 3 N–H and O–H groups in total. The van der Waals surface area contributed by atoms with Crippen LogP contribution in [-0.4, -0.2) is 33.0 Å². The maximum absolute atomic E-state index is 12.8. The van der Waals surface area contributed by atoms with Crippen molar-refractivity contribution in [3.05, 3.63) is 41.7 Å². The fourth-order valence-corrected chi connectivity index (χ4v) is 2.74. The van der Waals surface area contributed by atoms with E-state index in [0.717, 1.165) is 16.8 Å². The van der Waals surface area contributed by atoms with E-state index >= 15 is 0 Å². The van der Waals surface area contributed by atoms with Crippen LogP contribution in [-0.2, 0) is 6.18 Å². The number of aromatic nitrogens is 3. The quantitative estimate of drug-likeness (QED) is 0.772. The second kappa shape index (κ2) is 8.71. The second-order valence-electron chi connectivity index (χ2n) is 6.91. The van der Waals surface area contributed by atoms with Crippen LogP contribution in [0.4, 0.5) is 13.2 Å². The predicted molar refractivity (Wildman–Crippen MR) is 98.0 cm³/mol. The van der Waals surface area contributed by atoms with Gasteiger partial charge in [0.2, 0.25) is 0 Å². The minimum Gasteiger partial charge on any atom is -0.344 e. The van der Waals surface area contributed by atoms with Crippen molar-refractivity contribution in [3.8, 4) is 5.69 Å². The lowest BCUT2D eigenvalue weighted by Crippen LogP contribution is -2.52. The Morgan fingerprint density at radius 3 is 2.56 bits per heavy atom. The van der Waals surface area contributed by atoms with Gasteiger partial charge in [0, 0.05) is 6.54 Å². The van der Waals surface area contributed by atoms with Crippen LogP contribution in [0, 0.1) is 5.92 Å². The number of benzene rings is 1. The predicted octanol–water partition coefficient (Wildman–Crippen LogP) is 3.20. The summed E-state index contributed by atoms with van der Waals surface area (Å²) in [7, 11) is 0. The number of carbonyl (C=O) groups is 1. The van der Waals surface area contributed by atoms with Crippen LogP contribution < -0.4 is 11.1 Å². The van der Waals surface area contributed by atoms with Crippen LogP contribution in [0.5, 0.6) is 0 Å². The van der Waals surface area contributed by atoms with Crippen molar-refractivity contribution in [2.45, 2.75) is 38.9 Å². The zero-order valence-corrected chi connectivity index (χ0v) is 16.1. The number of nitrogens with one attached hydrogen (secondary N) is 1. The standard InChI is InChI=1S/C17H22F3N5O.ClH/c1-11(2)8-16(3,10-21)22-15(26)14-9-25(24-23-14)13-6-4-5-12(7-13)17(18,19)20;/h4-7,9,11H,8,10,21H2,1-3H3,(H,22,26);1H. The molecular weight excluding hydrogens is 383 g/mol. The van der Waals surface area contributed by atoms with E-state index in [2.05, 4.69) is 15.6 Å². The molecule has 0 bridgehead atoms. The molecule has 0 spiro atoms. The van der Waals surface area contributed by atoms with Crippen LogP contribution >= 0.6 is 12.4 Å². The highest BCUT2D eigenvalue weighted by atomic mass is 35.5. The summed E-state index contributed by atoms with van der Waals surface area (Å²) in [4.78, 5) is 12.4. The molecule has 6 nitrogen and oxygen atoms in total. The molecule has 10 heteroatoms. The highest BCUT2D eigenvalue weighted by Crippen LogP contribution is 2.30. The lowest BCUT2D eigenvalue weighted by Gasteiger charge is -2.30. The van der Waals surface area contributed by atoms with Gasteiger partial charge in [-0.3, -0.25) is 4.79 Å². The SMILES string of the molecule is CC(C)CC(C)(CN)NC(=O)c1cn(-c2cccc(C(F)(F)F)c2)nn1.Cl. The lowest BCUT2D eigenvalue weighted by atomic mass is 9.90. The van der Waals surface area contributed by atoms with Gasteiger partial charge >= 0.3 is 6.18 Å². The maximum atomic E-state index is 12.8. The number of rotatable bonds is 6. The van der Waals surface area contributed by atoms with Crippen molar-refractivity contribution in [2.75, 3.05) is 6.54 Å². The Hall–Kier alpha value is -2.13. The first-order valence-corrected chi connectivity index (χ1v) is 8.16. The Bertz CT molecular complexity index is 778. The van der Waals surface area contributed by atoms with Crippen molar-refractivity contribution in [2.24, 2.45) is 11.7 Å². The van der Waals surface area contributed by atoms with Gasteiger partial charge in [-0.25, -0.2) is 4.68 Å². The van der Waals surface area contributed by atoms with E-state index < -0.39 is 23.2 Å². The first kappa shape index (κ1) is 22.9. The fraction of sp³-hybridized carbons (Fsp3) is 0.471. The van der Waals surface area contributed by atoms with E-state index in [1.165, 1.54) is 18.3 Å². The molecule has 0 saturated heterocycles. The average Bonchev–Trinajstić information content (AvgIpc) is 3.03. The number of alkyl halides is 3. The molecule has 150 valence electrons. The monoisotopic (exact) mass is 405 g/mol. The number of hydrogen-bond donors (Lipinski definition) is 2. The molecule has 0 radical (unpaired) electrons. The third-order valence-electron chi connectivity index (χ3n) is 3.89. The number of nitrogens with two attached hydrogens (primary N) is 1. The Morgan fingerprint density at radius 1 is 1.33 bits per heavy atom. The van der Waals surface area contributed by atoms with Crippen molar-refractivity contribution in [1.82, 2.24) is 20.3 Å². The van der Waals surface area contributed by atoms with Gasteiger partial charge in [-0.1, -0.05) is 25.1 Å². The zero-order chi connectivity index (χ0) is 19.5. The van der Waals surface area contributed by atoms with Crippen LogP contribution in [0.2, 0.25) is 0 Å². The highest BCUT2D eigenvalue weighted by Gasteiger charge is 2.31. The summed E-state index contributed by atoms with van der Waals surface area (Å²) in [6.45, 7) is 6.12. The normalized spacial score (nSPS) is 13.8. The first-order chi connectivity index (χ1) is 12.0. The Kier molecular flexibility index (Phi) is 7.39. The van der Waals surface area contributed by atoms with Crippen molar-refractivity contribution in [3.63, 3.8) is 0 Å². The largest absolute Gasteiger partial charge is 0.416 e. The van der Waals surface area contributed by atoms with Gasteiger partial charge in [0.1, 0.15) is 0 Å². The molecule has 0 aliphatic carbocycles. The molecule has 1 unspecified atom stereocenters. The van der Waals surface area contributed by atoms with Crippen LogP contribution in [0.1, 0.15) is 43.2 Å². The molecule has 0 aliphatic rings. The van der Waals surface area contributed by atoms with Crippen molar-refractivity contribution < 1.29 is 18.0 Å². The Morgan fingerprint density at radius 2 is 2.00 bits per heavy atom. The molecule has 0 aliphatic heterocycles. The smallest absolute Gasteiger partial charge is 0.344 e. The average molecular weight is 406 g/mol. The van der Waals surface area contributed by atoms with Gasteiger partial charge < -0.3 is 11.1 Å². The Labute approximate surface area is 161 Å². The van der Waals surface area contributed by atoms with Gasteiger partial charge in [0.15, 0.2) is 5.69 Å². The number of nitrogens with zero attached hydrogens (tertiary/aromatic N) is 3. The van der Waals surface area contributed by atoms with E-state index in [9.17, 15) is 18.0 Å². The third kappa shape index (κ3) is 5.93. The third-order valence-corrected chi connectivity index (χ3v) is 3.89. The minimum absolute atomic E-state index is 0. The van der Waals surface area contributed by atoms with Crippen LogP contribution in [0.15, 0.2) is 30.5 Å². The van der Waals surface area contributed by atoms with Crippen molar-refractivity contribution in [1.29, 1.82) is 0 Å². The number of hydrogen-bond acceptors (Lipinski definition) is 4. The number of amides is 1. The summed E-state index contributed by atoms with van der Waals surface area (Å²) in [6, 6.07) is 4.63.